The van der Waals surface area contributed by atoms with E-state index in [4.69, 9.17) is 27.9 Å². The molecule has 0 saturated carbocycles. The molecule has 0 spiro atoms. The first kappa shape index (κ1) is 18.0. The molecule has 0 N–H and O–H groups in total. The fourth-order valence-electron chi connectivity index (χ4n) is 2.42. The highest BCUT2D eigenvalue weighted by Crippen LogP contribution is 2.31. The minimum absolute atomic E-state index is 0.220. The van der Waals surface area contributed by atoms with E-state index in [2.05, 4.69) is 21.0 Å². The maximum Gasteiger partial charge on any atom is 0.280 e. The van der Waals surface area contributed by atoms with E-state index >= 15 is 0 Å². The van der Waals surface area contributed by atoms with Crippen molar-refractivity contribution in [1.82, 2.24) is 0 Å². The molecule has 1 amide bonds. The van der Waals surface area contributed by atoms with Gasteiger partial charge in [0, 0.05) is 0 Å². The lowest BCUT2D eigenvalue weighted by atomic mass is 10.1. The van der Waals surface area contributed by atoms with E-state index in [-0.39, 0.29) is 5.91 Å². The van der Waals surface area contributed by atoms with Gasteiger partial charge >= 0.3 is 0 Å². The Morgan fingerprint density at radius 3 is 2.56 bits per heavy atom. The summed E-state index contributed by atoms with van der Waals surface area (Å²) in [7, 11) is 1.60. The lowest BCUT2D eigenvalue weighted by molar-refractivity contribution is -0.114. The third-order valence-electron chi connectivity index (χ3n) is 3.70. The molecule has 0 radical (unpaired) electrons. The summed E-state index contributed by atoms with van der Waals surface area (Å²) < 4.78 is 6.03. The molecule has 25 heavy (non-hydrogen) atoms. The molecule has 128 valence electrons. The largest absolute Gasteiger partial charge is 0.496 e. The summed E-state index contributed by atoms with van der Waals surface area (Å²) in [6.45, 7) is 1.79. The fourth-order valence-corrected chi connectivity index (χ4v) is 3.27. The molecule has 1 aliphatic heterocycles. The molecule has 0 aliphatic carbocycles. The molecule has 0 unspecified atom stereocenters. The predicted octanol–water partition coefficient (Wildman–Crippen LogP) is 5.57. The first-order valence-electron chi connectivity index (χ1n) is 7.31. The van der Waals surface area contributed by atoms with E-state index in [9.17, 15) is 4.79 Å². The minimum atomic E-state index is -0.220. The monoisotopic (exact) mass is 438 g/mol. The number of anilines is 1. The van der Waals surface area contributed by atoms with Crippen LogP contribution in [0.4, 0.5) is 5.69 Å². The third kappa shape index (κ3) is 3.59. The Morgan fingerprint density at radius 2 is 1.92 bits per heavy atom. The zero-order valence-electron chi connectivity index (χ0n) is 13.4. The number of amides is 1. The van der Waals surface area contributed by atoms with Gasteiger partial charge in [-0.3, -0.25) is 4.79 Å². The van der Waals surface area contributed by atoms with Gasteiger partial charge in [-0.15, -0.1) is 0 Å². The average molecular weight is 440 g/mol. The number of benzene rings is 2. The Morgan fingerprint density at radius 1 is 1.16 bits per heavy atom. The van der Waals surface area contributed by atoms with Crippen molar-refractivity contribution in [2.75, 3.05) is 12.1 Å². The van der Waals surface area contributed by atoms with Crippen LogP contribution >= 0.6 is 39.1 Å². The van der Waals surface area contributed by atoms with Crippen LogP contribution in [-0.2, 0) is 4.79 Å². The van der Waals surface area contributed by atoms with Crippen LogP contribution in [0.15, 0.2) is 51.5 Å². The molecule has 0 bridgehead atoms. The maximum atomic E-state index is 12.8. The van der Waals surface area contributed by atoms with E-state index in [1.807, 2.05) is 18.2 Å². The van der Waals surface area contributed by atoms with Crippen molar-refractivity contribution in [3.63, 3.8) is 0 Å². The summed E-state index contributed by atoms with van der Waals surface area (Å²) >= 11 is 15.4. The number of methoxy groups -OCH3 is 1. The smallest absolute Gasteiger partial charge is 0.280 e. The first-order valence-corrected chi connectivity index (χ1v) is 8.86. The molecule has 0 aromatic heterocycles. The molecule has 1 aliphatic rings. The summed E-state index contributed by atoms with van der Waals surface area (Å²) in [4.78, 5) is 12.8. The molecule has 1 heterocycles. The second kappa shape index (κ2) is 7.20. The van der Waals surface area contributed by atoms with Crippen LogP contribution in [0.2, 0.25) is 10.0 Å². The molecule has 3 rings (SSSR count). The Bertz CT molecular complexity index is 925. The summed E-state index contributed by atoms with van der Waals surface area (Å²) in [5.41, 5.74) is 2.57. The van der Waals surface area contributed by atoms with Crippen molar-refractivity contribution < 1.29 is 9.53 Å². The second-order valence-electron chi connectivity index (χ2n) is 5.35. The molecule has 0 atom stereocenters. The van der Waals surface area contributed by atoms with Gasteiger partial charge in [-0.2, -0.15) is 10.1 Å². The predicted molar refractivity (Wildman–Crippen MR) is 106 cm³/mol. The van der Waals surface area contributed by atoms with Gasteiger partial charge < -0.3 is 4.74 Å². The Balaban J connectivity index is 1.94. The average Bonchev–Trinajstić information content (AvgIpc) is 2.86. The number of rotatable bonds is 3. The number of carbonyl (C=O) groups is 1. The Labute approximate surface area is 163 Å². The van der Waals surface area contributed by atoms with Crippen molar-refractivity contribution in [2.24, 2.45) is 5.10 Å². The van der Waals surface area contributed by atoms with Gasteiger partial charge in [0.25, 0.3) is 5.91 Å². The molecule has 2 aromatic carbocycles. The van der Waals surface area contributed by atoms with E-state index in [0.717, 1.165) is 15.8 Å². The van der Waals surface area contributed by atoms with Crippen LogP contribution in [0.1, 0.15) is 12.5 Å². The molecule has 4 nitrogen and oxygen atoms in total. The minimum Gasteiger partial charge on any atom is -0.496 e. The lowest BCUT2D eigenvalue weighted by Gasteiger charge is -2.12. The highest BCUT2D eigenvalue weighted by molar-refractivity contribution is 9.10. The highest BCUT2D eigenvalue weighted by Gasteiger charge is 2.29. The molecular formula is C18H13BrCl2N2O2. The van der Waals surface area contributed by atoms with Crippen molar-refractivity contribution >= 4 is 62.5 Å². The van der Waals surface area contributed by atoms with Gasteiger partial charge in [0.15, 0.2) is 0 Å². The number of hydrogen-bond donors (Lipinski definition) is 0. The zero-order valence-corrected chi connectivity index (χ0v) is 16.5. The zero-order chi connectivity index (χ0) is 18.1. The van der Waals surface area contributed by atoms with Crippen LogP contribution in [0, 0.1) is 0 Å². The summed E-state index contributed by atoms with van der Waals surface area (Å²) in [5.74, 6) is 0.505. The number of ether oxygens (including phenoxy) is 1. The van der Waals surface area contributed by atoms with Crippen molar-refractivity contribution in [2.45, 2.75) is 6.92 Å². The second-order valence-corrected chi connectivity index (χ2v) is 7.02. The summed E-state index contributed by atoms with van der Waals surface area (Å²) in [5, 5.41) is 6.46. The Kier molecular flexibility index (Phi) is 5.18. The molecule has 0 saturated heterocycles. The van der Waals surface area contributed by atoms with Gasteiger partial charge in [0.05, 0.1) is 38.6 Å². The summed E-state index contributed by atoms with van der Waals surface area (Å²) in [6, 6.07) is 10.5. The van der Waals surface area contributed by atoms with Gasteiger partial charge in [0.1, 0.15) is 5.75 Å². The van der Waals surface area contributed by atoms with Crippen LogP contribution in [0.3, 0.4) is 0 Å². The van der Waals surface area contributed by atoms with Crippen LogP contribution in [-0.4, -0.2) is 18.7 Å². The lowest BCUT2D eigenvalue weighted by Crippen LogP contribution is -2.21. The van der Waals surface area contributed by atoms with Crippen LogP contribution in [0.5, 0.6) is 5.75 Å². The van der Waals surface area contributed by atoms with E-state index in [1.165, 1.54) is 5.01 Å². The number of halogens is 3. The van der Waals surface area contributed by atoms with Crippen LogP contribution in [0.25, 0.3) is 6.08 Å². The number of hydrogen-bond acceptors (Lipinski definition) is 3. The molecular weight excluding hydrogens is 427 g/mol. The normalized spacial score (nSPS) is 15.7. The third-order valence-corrected chi connectivity index (χ3v) is 5.06. The fraction of sp³-hybridized carbons (Fsp3) is 0.111. The highest BCUT2D eigenvalue weighted by atomic mass is 79.9. The number of hydrazone groups is 1. The maximum absolute atomic E-state index is 12.8. The molecule has 2 aromatic rings. The topological polar surface area (TPSA) is 41.9 Å². The molecule has 0 fully saturated rings. The van der Waals surface area contributed by atoms with Crippen molar-refractivity contribution in [3.8, 4) is 5.75 Å². The standard InChI is InChI=1S/C18H13BrCl2N2O2/c1-10-13(7-11-3-6-17(25-2)14(19)8-11)18(24)23(22-10)12-4-5-15(20)16(21)9-12/h3-9H,1-2H3. The van der Waals surface area contributed by atoms with E-state index < -0.39 is 0 Å². The number of nitrogens with zero attached hydrogens (tertiary/aromatic N) is 2. The van der Waals surface area contributed by atoms with E-state index in [0.29, 0.717) is 27.0 Å². The van der Waals surface area contributed by atoms with Crippen LogP contribution < -0.4 is 9.75 Å². The van der Waals surface area contributed by atoms with Gasteiger partial charge in [-0.25, -0.2) is 0 Å². The molecule has 7 heteroatoms. The van der Waals surface area contributed by atoms with Gasteiger partial charge in [-0.1, -0.05) is 29.3 Å². The summed E-state index contributed by atoms with van der Waals surface area (Å²) in [6.07, 6.45) is 1.79. The van der Waals surface area contributed by atoms with Crippen molar-refractivity contribution in [3.05, 3.63) is 62.1 Å². The number of carbonyl (C=O) groups excluding carboxylic acids is 1. The SMILES string of the molecule is COc1ccc(C=C2C(=O)N(c3ccc(Cl)c(Cl)c3)N=C2C)cc1Br. The van der Waals surface area contributed by atoms with Gasteiger partial charge in [-0.05, 0) is 64.8 Å². The van der Waals surface area contributed by atoms with Crippen molar-refractivity contribution in [1.29, 1.82) is 0 Å². The van der Waals surface area contributed by atoms with Gasteiger partial charge in [0.2, 0.25) is 0 Å². The quantitative estimate of drug-likeness (QED) is 0.586. The first-order chi connectivity index (χ1) is 11.9. The Hall–Kier alpha value is -1.82. The van der Waals surface area contributed by atoms with E-state index in [1.54, 1.807) is 38.3 Å².